The molecule has 7 heteroatoms. The summed E-state index contributed by atoms with van der Waals surface area (Å²) in [4.78, 5) is 2.49. The highest BCUT2D eigenvalue weighted by Crippen LogP contribution is 2.60. The molecular formula is C19H33N2O3PS. The first-order valence-corrected chi connectivity index (χ1v) is 12.7. The fourth-order valence-electron chi connectivity index (χ4n) is 3.16. The fraction of sp³-hybridized carbons (Fsp3) is 0.632. The minimum absolute atomic E-state index is 0.182. The largest absolute Gasteiger partial charge is 0.323 e. The molecule has 1 aromatic carbocycles. The number of benzene rings is 1. The molecule has 1 rings (SSSR count). The highest BCUT2D eigenvalue weighted by atomic mass is 32.2. The monoisotopic (exact) mass is 400 g/mol. The Labute approximate surface area is 159 Å². The van der Waals surface area contributed by atoms with Crippen LogP contribution in [0.5, 0.6) is 0 Å². The van der Waals surface area contributed by atoms with Crippen molar-refractivity contribution in [2.75, 3.05) is 12.3 Å². The van der Waals surface area contributed by atoms with Crippen LogP contribution in [0.25, 0.3) is 0 Å². The van der Waals surface area contributed by atoms with Crippen molar-refractivity contribution in [1.29, 1.82) is 0 Å². The third-order valence-electron chi connectivity index (χ3n) is 4.65. The van der Waals surface area contributed by atoms with Gasteiger partial charge in [-0.25, -0.2) is 4.83 Å². The van der Waals surface area contributed by atoms with E-state index < -0.39 is 22.3 Å². The molecule has 1 aromatic rings. The number of aryl methyl sites for hydroxylation is 1. The van der Waals surface area contributed by atoms with E-state index in [1.165, 1.54) is 0 Å². The number of sulfonamides is 1. The Bertz CT molecular complexity index is 758. The SMILES string of the molecule is CCCP(=O)(CCC)C(C)(C)C/C(C)=N/NS(=O)(=O)c1ccc(C)cc1. The van der Waals surface area contributed by atoms with E-state index in [9.17, 15) is 13.0 Å². The van der Waals surface area contributed by atoms with Crippen LogP contribution in [0, 0.1) is 6.92 Å². The maximum Gasteiger partial charge on any atom is 0.276 e. The van der Waals surface area contributed by atoms with Gasteiger partial charge in [-0.1, -0.05) is 45.4 Å². The van der Waals surface area contributed by atoms with Crippen LogP contribution in [0.15, 0.2) is 34.3 Å². The summed E-state index contributed by atoms with van der Waals surface area (Å²) in [5, 5.41) is 3.67. The molecule has 0 saturated carbocycles. The van der Waals surface area contributed by atoms with E-state index in [0.29, 0.717) is 12.1 Å². The van der Waals surface area contributed by atoms with E-state index in [1.54, 1.807) is 31.2 Å². The summed E-state index contributed by atoms with van der Waals surface area (Å²) >= 11 is 0. The van der Waals surface area contributed by atoms with Gasteiger partial charge in [-0.3, -0.25) is 0 Å². The van der Waals surface area contributed by atoms with E-state index >= 15 is 0 Å². The number of nitrogens with one attached hydrogen (secondary N) is 1. The van der Waals surface area contributed by atoms with Crippen molar-refractivity contribution in [3.63, 3.8) is 0 Å². The molecule has 0 bridgehead atoms. The summed E-state index contributed by atoms with van der Waals surface area (Å²) in [6.45, 7) is 11.8. The molecule has 0 spiro atoms. The predicted molar refractivity (Wildman–Crippen MR) is 111 cm³/mol. The lowest BCUT2D eigenvalue weighted by molar-refractivity contribution is 0.538. The molecular weight excluding hydrogens is 367 g/mol. The highest BCUT2D eigenvalue weighted by molar-refractivity contribution is 7.89. The van der Waals surface area contributed by atoms with Crippen molar-refractivity contribution in [2.24, 2.45) is 5.10 Å². The molecule has 0 aliphatic heterocycles. The second-order valence-corrected chi connectivity index (χ2v) is 13.1. The first kappa shape index (κ1) is 22.9. The highest BCUT2D eigenvalue weighted by Gasteiger charge is 2.38. The molecule has 26 heavy (non-hydrogen) atoms. The van der Waals surface area contributed by atoms with Crippen molar-refractivity contribution in [2.45, 2.75) is 70.9 Å². The van der Waals surface area contributed by atoms with Gasteiger partial charge in [0.15, 0.2) is 0 Å². The first-order valence-electron chi connectivity index (χ1n) is 9.17. The minimum Gasteiger partial charge on any atom is -0.323 e. The number of rotatable bonds is 10. The van der Waals surface area contributed by atoms with Crippen LogP contribution in [0.4, 0.5) is 0 Å². The zero-order valence-corrected chi connectivity index (χ0v) is 18.6. The Hall–Kier alpha value is -1.13. The quantitative estimate of drug-likeness (QED) is 0.341. The summed E-state index contributed by atoms with van der Waals surface area (Å²) < 4.78 is 38.1. The van der Waals surface area contributed by atoms with Crippen molar-refractivity contribution in [3.8, 4) is 0 Å². The maximum absolute atomic E-state index is 13.4. The maximum atomic E-state index is 13.4. The van der Waals surface area contributed by atoms with Gasteiger partial charge in [0.1, 0.15) is 0 Å². The average Bonchev–Trinajstić information content (AvgIpc) is 2.53. The number of hydrazone groups is 1. The first-order chi connectivity index (χ1) is 12.0. The fourth-order valence-corrected chi connectivity index (χ4v) is 7.43. The smallest absolute Gasteiger partial charge is 0.276 e. The van der Waals surface area contributed by atoms with Crippen LogP contribution < -0.4 is 4.83 Å². The van der Waals surface area contributed by atoms with E-state index in [0.717, 1.165) is 30.7 Å². The second kappa shape index (κ2) is 9.18. The van der Waals surface area contributed by atoms with Crippen molar-refractivity contribution < 1.29 is 13.0 Å². The van der Waals surface area contributed by atoms with Crippen LogP contribution >= 0.6 is 7.14 Å². The molecule has 0 aromatic heterocycles. The standard InChI is InChI=1S/C19H33N2O3PS/c1-7-13-25(22,14-8-2)19(5,6)15-17(4)20-21-26(23,24)18-11-9-16(3)10-12-18/h9-12,21H,7-8,13-15H2,1-6H3/b20-17+. The summed E-state index contributed by atoms with van der Waals surface area (Å²) in [5.74, 6) is 0. The molecule has 0 aliphatic carbocycles. The molecule has 0 atom stereocenters. The van der Waals surface area contributed by atoms with E-state index in [1.807, 2.05) is 20.8 Å². The predicted octanol–water partition coefficient (Wildman–Crippen LogP) is 5.00. The molecule has 0 aliphatic rings. The lowest BCUT2D eigenvalue weighted by atomic mass is 10.1. The number of hydrogen-bond donors (Lipinski definition) is 1. The van der Waals surface area contributed by atoms with Gasteiger partial charge in [0.2, 0.25) is 0 Å². The van der Waals surface area contributed by atoms with E-state index in [2.05, 4.69) is 23.8 Å². The molecule has 0 radical (unpaired) electrons. The Morgan fingerprint density at radius 1 is 1.12 bits per heavy atom. The molecule has 0 unspecified atom stereocenters. The topological polar surface area (TPSA) is 75.6 Å². The number of hydrogen-bond acceptors (Lipinski definition) is 4. The molecule has 1 N–H and O–H groups in total. The summed E-state index contributed by atoms with van der Waals surface area (Å²) in [6.07, 6.45) is 3.71. The summed E-state index contributed by atoms with van der Waals surface area (Å²) in [6, 6.07) is 6.62. The molecule has 0 saturated heterocycles. The Morgan fingerprint density at radius 2 is 1.62 bits per heavy atom. The van der Waals surface area contributed by atoms with Crippen molar-refractivity contribution in [1.82, 2.24) is 4.83 Å². The normalized spacial score (nSPS) is 13.7. The minimum atomic E-state index is -3.69. The Balaban J connectivity index is 2.92. The second-order valence-electron chi connectivity index (χ2n) is 7.58. The molecule has 5 nitrogen and oxygen atoms in total. The van der Waals surface area contributed by atoms with E-state index in [4.69, 9.17) is 0 Å². The third kappa shape index (κ3) is 5.95. The van der Waals surface area contributed by atoms with Crippen LogP contribution in [0.3, 0.4) is 0 Å². The van der Waals surface area contributed by atoms with Gasteiger partial charge < -0.3 is 4.57 Å². The zero-order valence-electron chi connectivity index (χ0n) is 16.9. The Morgan fingerprint density at radius 3 is 2.08 bits per heavy atom. The van der Waals surface area contributed by atoms with Gasteiger partial charge in [-0.15, -0.1) is 0 Å². The molecule has 0 fully saturated rings. The van der Waals surface area contributed by atoms with Gasteiger partial charge in [0, 0.05) is 23.2 Å². The van der Waals surface area contributed by atoms with Gasteiger partial charge in [0.25, 0.3) is 10.0 Å². The van der Waals surface area contributed by atoms with E-state index in [-0.39, 0.29) is 4.90 Å². The van der Waals surface area contributed by atoms with Gasteiger partial charge in [-0.05, 0) is 45.2 Å². The van der Waals surface area contributed by atoms with Gasteiger partial charge in [0.05, 0.1) is 12.0 Å². The average molecular weight is 401 g/mol. The zero-order chi connectivity index (χ0) is 20.0. The summed E-state index contributed by atoms with van der Waals surface area (Å²) in [5.41, 5.74) is 1.63. The lowest BCUT2D eigenvalue weighted by Crippen LogP contribution is -2.28. The van der Waals surface area contributed by atoms with Crippen LogP contribution in [-0.2, 0) is 14.6 Å². The van der Waals surface area contributed by atoms with Gasteiger partial charge >= 0.3 is 0 Å². The van der Waals surface area contributed by atoms with Crippen LogP contribution in [0.1, 0.15) is 59.4 Å². The van der Waals surface area contributed by atoms with Crippen molar-refractivity contribution >= 4 is 22.9 Å². The molecule has 148 valence electrons. The summed E-state index contributed by atoms with van der Waals surface area (Å²) in [7, 11) is -6.05. The lowest BCUT2D eigenvalue weighted by Gasteiger charge is -2.34. The third-order valence-corrected chi connectivity index (χ3v) is 10.6. The number of nitrogens with zero attached hydrogens (tertiary/aromatic N) is 1. The van der Waals surface area contributed by atoms with Crippen LogP contribution in [0.2, 0.25) is 0 Å². The van der Waals surface area contributed by atoms with Crippen molar-refractivity contribution in [3.05, 3.63) is 29.8 Å². The van der Waals surface area contributed by atoms with Crippen LogP contribution in [-0.4, -0.2) is 31.6 Å². The Kier molecular flexibility index (Phi) is 8.09. The molecule has 0 amide bonds. The molecule has 0 heterocycles. The van der Waals surface area contributed by atoms with Gasteiger partial charge in [-0.2, -0.15) is 13.5 Å².